The van der Waals surface area contributed by atoms with Gasteiger partial charge < -0.3 is 5.32 Å². The first-order chi connectivity index (χ1) is 9.60. The van der Waals surface area contributed by atoms with Crippen LogP contribution in [0, 0.1) is 18.3 Å². The Morgan fingerprint density at radius 2 is 1.95 bits per heavy atom. The molecule has 2 rings (SSSR count). The van der Waals surface area contributed by atoms with Crippen molar-refractivity contribution in [2.24, 2.45) is 0 Å². The molecule has 0 saturated carbocycles. The number of thiazole rings is 1. The predicted molar refractivity (Wildman–Crippen MR) is 75.3 cm³/mol. The van der Waals surface area contributed by atoms with E-state index in [4.69, 9.17) is 5.26 Å². The molecule has 1 heterocycles. The van der Waals surface area contributed by atoms with Crippen LogP contribution < -0.4 is 10.6 Å². The minimum atomic E-state index is -0.847. The van der Waals surface area contributed by atoms with Gasteiger partial charge in [0, 0.05) is 5.38 Å². The quantitative estimate of drug-likeness (QED) is 0.824. The maximum absolute atomic E-state index is 11.7. The Morgan fingerprint density at radius 3 is 2.60 bits per heavy atom. The number of amides is 2. The van der Waals surface area contributed by atoms with Gasteiger partial charge in [-0.25, -0.2) is 4.98 Å². The third-order valence-electron chi connectivity index (χ3n) is 2.34. The lowest BCUT2D eigenvalue weighted by Crippen LogP contribution is -2.29. The van der Waals surface area contributed by atoms with Crippen LogP contribution in [0.15, 0.2) is 29.6 Å². The molecule has 100 valence electrons. The molecular formula is C13H10N4O2S. The highest BCUT2D eigenvalue weighted by Crippen LogP contribution is 2.15. The van der Waals surface area contributed by atoms with E-state index in [0.717, 1.165) is 5.69 Å². The Kier molecular flexibility index (Phi) is 4.08. The van der Waals surface area contributed by atoms with Gasteiger partial charge in [0.15, 0.2) is 5.13 Å². The first kappa shape index (κ1) is 13.7. The van der Waals surface area contributed by atoms with Crippen molar-refractivity contribution in [2.45, 2.75) is 6.92 Å². The minimum absolute atomic E-state index is 0.291. The zero-order valence-corrected chi connectivity index (χ0v) is 11.3. The predicted octanol–water partition coefficient (Wildman–Crippen LogP) is 1.90. The molecule has 0 aliphatic carbocycles. The topological polar surface area (TPSA) is 94.9 Å². The Bertz CT molecular complexity index is 702. The number of anilines is 2. The largest absolute Gasteiger partial charge is 0.317 e. The van der Waals surface area contributed by atoms with E-state index in [2.05, 4.69) is 15.6 Å². The monoisotopic (exact) mass is 286 g/mol. The van der Waals surface area contributed by atoms with E-state index < -0.39 is 11.8 Å². The lowest BCUT2D eigenvalue weighted by atomic mass is 10.2. The Labute approximate surface area is 119 Å². The van der Waals surface area contributed by atoms with E-state index in [1.54, 1.807) is 36.6 Å². The van der Waals surface area contributed by atoms with Crippen molar-refractivity contribution in [1.82, 2.24) is 4.98 Å². The van der Waals surface area contributed by atoms with Crippen LogP contribution in [0.2, 0.25) is 0 Å². The van der Waals surface area contributed by atoms with Crippen molar-refractivity contribution >= 4 is 34.0 Å². The van der Waals surface area contributed by atoms with Gasteiger partial charge in [0.05, 0.1) is 16.9 Å². The Morgan fingerprint density at radius 1 is 1.25 bits per heavy atom. The van der Waals surface area contributed by atoms with Crippen molar-refractivity contribution in [3.8, 4) is 6.07 Å². The summed E-state index contributed by atoms with van der Waals surface area (Å²) < 4.78 is 0. The van der Waals surface area contributed by atoms with E-state index in [9.17, 15) is 9.59 Å². The second-order valence-electron chi connectivity index (χ2n) is 3.86. The van der Waals surface area contributed by atoms with Gasteiger partial charge in [-0.2, -0.15) is 5.26 Å². The molecule has 7 heteroatoms. The smallest absolute Gasteiger partial charge is 0.315 e. The molecule has 0 aliphatic rings. The number of carbonyl (C=O) groups excluding carboxylic acids is 2. The van der Waals surface area contributed by atoms with Crippen LogP contribution in [0.5, 0.6) is 0 Å². The highest BCUT2D eigenvalue weighted by molar-refractivity contribution is 7.14. The summed E-state index contributed by atoms with van der Waals surface area (Å²) in [5.74, 6) is -1.67. The highest BCUT2D eigenvalue weighted by atomic mass is 32.1. The van der Waals surface area contributed by atoms with Gasteiger partial charge in [-0.1, -0.05) is 12.1 Å². The van der Waals surface area contributed by atoms with Crippen molar-refractivity contribution in [1.29, 1.82) is 5.26 Å². The number of nitrogens with zero attached hydrogens (tertiary/aromatic N) is 2. The molecule has 1 aromatic carbocycles. The number of hydrogen-bond acceptors (Lipinski definition) is 5. The summed E-state index contributed by atoms with van der Waals surface area (Å²) >= 11 is 1.23. The van der Waals surface area contributed by atoms with Crippen LogP contribution in [0.25, 0.3) is 0 Å². The number of hydrogen-bond donors (Lipinski definition) is 2. The summed E-state index contributed by atoms with van der Waals surface area (Å²) in [4.78, 5) is 27.5. The molecule has 0 radical (unpaired) electrons. The van der Waals surface area contributed by atoms with Gasteiger partial charge >= 0.3 is 11.8 Å². The van der Waals surface area contributed by atoms with E-state index >= 15 is 0 Å². The SMILES string of the molecule is Cc1csc(NC(=O)C(=O)Nc2ccccc2C#N)n1. The molecule has 0 aliphatic heterocycles. The van der Waals surface area contributed by atoms with Gasteiger partial charge in [0.2, 0.25) is 0 Å². The van der Waals surface area contributed by atoms with Crippen molar-refractivity contribution in [3.63, 3.8) is 0 Å². The van der Waals surface area contributed by atoms with Crippen LogP contribution in [0.1, 0.15) is 11.3 Å². The fourth-order valence-electron chi connectivity index (χ4n) is 1.43. The molecular weight excluding hydrogens is 276 g/mol. The summed E-state index contributed by atoms with van der Waals surface area (Å²) in [5.41, 5.74) is 1.35. The van der Waals surface area contributed by atoms with Crippen LogP contribution in [0.3, 0.4) is 0 Å². The molecule has 0 atom stereocenters. The van der Waals surface area contributed by atoms with Crippen LogP contribution in [-0.4, -0.2) is 16.8 Å². The normalized spacial score (nSPS) is 9.60. The highest BCUT2D eigenvalue weighted by Gasteiger charge is 2.16. The number of carbonyl (C=O) groups is 2. The zero-order valence-electron chi connectivity index (χ0n) is 10.5. The number of aryl methyl sites for hydroxylation is 1. The summed E-state index contributed by atoms with van der Waals surface area (Å²) in [6, 6.07) is 8.38. The summed E-state index contributed by atoms with van der Waals surface area (Å²) in [7, 11) is 0. The van der Waals surface area contributed by atoms with Crippen LogP contribution in [0.4, 0.5) is 10.8 Å². The minimum Gasteiger partial charge on any atom is -0.317 e. The molecule has 20 heavy (non-hydrogen) atoms. The summed E-state index contributed by atoms with van der Waals surface area (Å²) in [5, 5.41) is 15.8. The molecule has 2 N–H and O–H groups in total. The molecule has 1 aromatic heterocycles. The van der Waals surface area contributed by atoms with Gasteiger partial charge in [-0.3, -0.25) is 14.9 Å². The fourth-order valence-corrected chi connectivity index (χ4v) is 2.12. The Balaban J connectivity index is 2.05. The average Bonchev–Trinajstić information content (AvgIpc) is 2.84. The van der Waals surface area contributed by atoms with Crippen molar-refractivity contribution < 1.29 is 9.59 Å². The number of nitriles is 1. The third kappa shape index (κ3) is 3.18. The summed E-state index contributed by atoms with van der Waals surface area (Å²) in [6.45, 7) is 1.79. The zero-order chi connectivity index (χ0) is 14.5. The maximum atomic E-state index is 11.7. The maximum Gasteiger partial charge on any atom is 0.315 e. The summed E-state index contributed by atoms with van der Waals surface area (Å²) in [6.07, 6.45) is 0. The third-order valence-corrected chi connectivity index (χ3v) is 3.22. The van der Waals surface area contributed by atoms with Crippen LogP contribution >= 0.6 is 11.3 Å². The second-order valence-corrected chi connectivity index (χ2v) is 4.72. The van der Waals surface area contributed by atoms with Gasteiger partial charge in [-0.05, 0) is 19.1 Å². The van der Waals surface area contributed by atoms with Crippen molar-refractivity contribution in [3.05, 3.63) is 40.9 Å². The van der Waals surface area contributed by atoms with E-state index in [0.29, 0.717) is 16.4 Å². The van der Waals surface area contributed by atoms with E-state index in [1.165, 1.54) is 11.3 Å². The second kappa shape index (κ2) is 5.95. The van der Waals surface area contributed by atoms with Crippen molar-refractivity contribution in [2.75, 3.05) is 10.6 Å². The average molecular weight is 286 g/mol. The van der Waals surface area contributed by atoms with Gasteiger partial charge in [0.1, 0.15) is 6.07 Å². The first-order valence-electron chi connectivity index (χ1n) is 5.63. The fraction of sp³-hybridized carbons (Fsp3) is 0.0769. The molecule has 0 bridgehead atoms. The number of rotatable bonds is 2. The number of nitrogens with one attached hydrogen (secondary N) is 2. The Hall–Kier alpha value is -2.72. The number of para-hydroxylation sites is 1. The van der Waals surface area contributed by atoms with Crippen LogP contribution in [-0.2, 0) is 9.59 Å². The van der Waals surface area contributed by atoms with E-state index in [-0.39, 0.29) is 0 Å². The van der Waals surface area contributed by atoms with Gasteiger partial charge in [0.25, 0.3) is 0 Å². The standard InChI is InChI=1S/C13H10N4O2S/c1-8-7-20-13(15-8)17-12(19)11(18)16-10-5-3-2-4-9(10)6-14/h2-5,7H,1H3,(H,16,18)(H,15,17,19). The van der Waals surface area contributed by atoms with Gasteiger partial charge in [-0.15, -0.1) is 11.3 Å². The molecule has 2 aromatic rings. The lowest BCUT2D eigenvalue weighted by Gasteiger charge is -2.05. The molecule has 0 fully saturated rings. The molecule has 6 nitrogen and oxygen atoms in total. The number of benzene rings is 1. The molecule has 0 saturated heterocycles. The molecule has 2 amide bonds. The molecule has 0 spiro atoms. The first-order valence-corrected chi connectivity index (χ1v) is 6.51. The molecule has 0 unspecified atom stereocenters. The lowest BCUT2D eigenvalue weighted by molar-refractivity contribution is -0.133. The number of aromatic nitrogens is 1. The van der Waals surface area contributed by atoms with E-state index in [1.807, 2.05) is 6.07 Å².